The summed E-state index contributed by atoms with van der Waals surface area (Å²) in [6.45, 7) is 1.83. The van der Waals surface area contributed by atoms with Crippen molar-refractivity contribution in [2.24, 2.45) is 5.10 Å². The second-order valence-corrected chi connectivity index (χ2v) is 4.58. The van der Waals surface area contributed by atoms with Crippen LogP contribution in [-0.2, 0) is 0 Å². The quantitative estimate of drug-likeness (QED) is 0.521. The van der Waals surface area contributed by atoms with Gasteiger partial charge in [0.15, 0.2) is 0 Å². The maximum Gasteiger partial charge on any atom is 0.276 e. The Labute approximate surface area is 132 Å². The fourth-order valence-corrected chi connectivity index (χ4v) is 1.75. The summed E-state index contributed by atoms with van der Waals surface area (Å²) in [5, 5.41) is 14.6. The number of aryl methyl sites for hydroxylation is 1. The highest BCUT2D eigenvalue weighted by molar-refractivity contribution is 5.94. The molecule has 1 aromatic heterocycles. The molecule has 0 bridgehead atoms. The van der Waals surface area contributed by atoms with Crippen LogP contribution in [0.15, 0.2) is 53.8 Å². The summed E-state index contributed by atoms with van der Waals surface area (Å²) in [5.41, 5.74) is 4.03. The number of amides is 1. The predicted molar refractivity (Wildman–Crippen MR) is 87.1 cm³/mol. The van der Waals surface area contributed by atoms with Gasteiger partial charge in [-0.25, -0.2) is 5.43 Å². The molecule has 7 nitrogen and oxygen atoms in total. The zero-order valence-corrected chi connectivity index (χ0v) is 12.3. The molecule has 116 valence electrons. The topological polar surface area (TPSA) is 97.5 Å². The zero-order chi connectivity index (χ0) is 16.7. The van der Waals surface area contributed by atoms with Crippen molar-refractivity contribution in [3.8, 4) is 0 Å². The molecule has 0 spiro atoms. The van der Waals surface area contributed by atoms with Crippen molar-refractivity contribution in [3.63, 3.8) is 0 Å². The summed E-state index contributed by atoms with van der Waals surface area (Å²) in [6, 6.07) is 9.72. The molecule has 0 atom stereocenters. The number of hydrazone groups is 1. The van der Waals surface area contributed by atoms with Gasteiger partial charge in [0.05, 0.1) is 16.1 Å². The molecule has 23 heavy (non-hydrogen) atoms. The highest BCUT2D eigenvalue weighted by atomic mass is 16.6. The lowest BCUT2D eigenvalue weighted by molar-refractivity contribution is -0.385. The van der Waals surface area contributed by atoms with Crippen LogP contribution in [-0.4, -0.2) is 22.0 Å². The van der Waals surface area contributed by atoms with Crippen molar-refractivity contribution in [2.45, 2.75) is 6.92 Å². The lowest BCUT2D eigenvalue weighted by atomic mass is 10.2. The van der Waals surface area contributed by atoms with E-state index in [2.05, 4.69) is 15.5 Å². The van der Waals surface area contributed by atoms with Gasteiger partial charge >= 0.3 is 0 Å². The first-order valence-corrected chi connectivity index (χ1v) is 6.74. The van der Waals surface area contributed by atoms with Crippen LogP contribution in [0, 0.1) is 17.0 Å². The van der Waals surface area contributed by atoms with Crippen molar-refractivity contribution >= 4 is 23.9 Å². The van der Waals surface area contributed by atoms with E-state index in [-0.39, 0.29) is 11.6 Å². The summed E-state index contributed by atoms with van der Waals surface area (Å²) >= 11 is 0. The smallest absolute Gasteiger partial charge is 0.267 e. The molecule has 2 aromatic rings. The molecule has 1 amide bonds. The number of carbonyl (C=O) groups is 1. The Morgan fingerprint density at radius 2 is 2.09 bits per heavy atom. The van der Waals surface area contributed by atoms with Crippen LogP contribution in [0.3, 0.4) is 0 Å². The standard InChI is InChI=1S/C16H14N4O3/c1-12-8-9-14(11-17-12)16(21)19-18-10-4-6-13-5-2-3-7-15(13)20(22)23/h2-11H,1H3,(H,19,21)/b6-4+,18-10-. The van der Waals surface area contributed by atoms with Gasteiger partial charge in [0.2, 0.25) is 0 Å². The third kappa shape index (κ3) is 4.57. The van der Waals surface area contributed by atoms with E-state index in [1.54, 1.807) is 36.4 Å². The van der Waals surface area contributed by atoms with Gasteiger partial charge in [-0.2, -0.15) is 5.10 Å². The van der Waals surface area contributed by atoms with Crippen molar-refractivity contribution in [1.82, 2.24) is 10.4 Å². The minimum absolute atomic E-state index is 0.00640. The van der Waals surface area contributed by atoms with Gasteiger partial charge in [0.1, 0.15) is 0 Å². The van der Waals surface area contributed by atoms with Gasteiger partial charge < -0.3 is 0 Å². The highest BCUT2D eigenvalue weighted by Gasteiger charge is 2.08. The molecular formula is C16H14N4O3. The van der Waals surface area contributed by atoms with Crippen molar-refractivity contribution in [2.75, 3.05) is 0 Å². The van der Waals surface area contributed by atoms with Gasteiger partial charge in [0.25, 0.3) is 11.6 Å². The van der Waals surface area contributed by atoms with Crippen LogP contribution in [0.1, 0.15) is 21.6 Å². The largest absolute Gasteiger partial charge is 0.276 e. The monoisotopic (exact) mass is 310 g/mol. The summed E-state index contributed by atoms with van der Waals surface area (Å²) < 4.78 is 0. The lowest BCUT2D eigenvalue weighted by Crippen LogP contribution is -2.17. The molecule has 1 heterocycles. The van der Waals surface area contributed by atoms with Crippen LogP contribution in [0.5, 0.6) is 0 Å². The second kappa shape index (κ2) is 7.60. The van der Waals surface area contributed by atoms with E-state index in [1.807, 2.05) is 6.92 Å². The van der Waals surface area contributed by atoms with E-state index in [1.165, 1.54) is 24.6 Å². The van der Waals surface area contributed by atoms with E-state index in [4.69, 9.17) is 0 Å². The molecule has 0 radical (unpaired) electrons. The Hall–Kier alpha value is -3.35. The fraction of sp³-hybridized carbons (Fsp3) is 0.0625. The number of carbonyl (C=O) groups excluding carboxylic acids is 1. The number of hydrogen-bond acceptors (Lipinski definition) is 5. The van der Waals surface area contributed by atoms with Gasteiger partial charge in [-0.1, -0.05) is 12.1 Å². The number of aromatic nitrogens is 1. The Kier molecular flexibility index (Phi) is 5.30. The Bertz CT molecular complexity index is 767. The molecular weight excluding hydrogens is 296 g/mol. The molecule has 0 fully saturated rings. The maximum atomic E-state index is 11.8. The summed E-state index contributed by atoms with van der Waals surface area (Å²) in [4.78, 5) is 26.2. The number of rotatable bonds is 5. The predicted octanol–water partition coefficient (Wildman–Crippen LogP) is 2.73. The maximum absolute atomic E-state index is 11.8. The Morgan fingerprint density at radius 3 is 2.78 bits per heavy atom. The van der Waals surface area contributed by atoms with E-state index in [9.17, 15) is 14.9 Å². The molecule has 1 aromatic carbocycles. The lowest BCUT2D eigenvalue weighted by Gasteiger charge is -1.98. The first-order valence-electron chi connectivity index (χ1n) is 6.74. The number of hydrogen-bond donors (Lipinski definition) is 1. The van der Waals surface area contributed by atoms with Crippen LogP contribution in [0.2, 0.25) is 0 Å². The number of allylic oxidation sites excluding steroid dienone is 1. The normalized spacial score (nSPS) is 11.0. The van der Waals surface area contributed by atoms with Crippen LogP contribution < -0.4 is 5.43 Å². The minimum Gasteiger partial charge on any atom is -0.267 e. The van der Waals surface area contributed by atoms with E-state index >= 15 is 0 Å². The van der Waals surface area contributed by atoms with E-state index in [0.717, 1.165) is 5.69 Å². The molecule has 0 aliphatic heterocycles. The molecule has 1 N–H and O–H groups in total. The third-order valence-electron chi connectivity index (χ3n) is 2.91. The van der Waals surface area contributed by atoms with Crippen molar-refractivity contribution in [3.05, 3.63) is 75.6 Å². The molecule has 0 aliphatic carbocycles. The van der Waals surface area contributed by atoms with Gasteiger partial charge in [-0.3, -0.25) is 19.9 Å². The molecule has 0 unspecified atom stereocenters. The number of pyridine rings is 1. The van der Waals surface area contributed by atoms with Crippen molar-refractivity contribution in [1.29, 1.82) is 0 Å². The molecule has 0 saturated carbocycles. The van der Waals surface area contributed by atoms with Crippen LogP contribution in [0.25, 0.3) is 6.08 Å². The van der Waals surface area contributed by atoms with Gasteiger partial charge in [-0.15, -0.1) is 0 Å². The zero-order valence-electron chi connectivity index (χ0n) is 12.3. The Balaban J connectivity index is 1.95. The number of para-hydroxylation sites is 1. The van der Waals surface area contributed by atoms with Crippen molar-refractivity contribution < 1.29 is 9.72 Å². The number of nitrogens with one attached hydrogen (secondary N) is 1. The SMILES string of the molecule is Cc1ccc(C(=O)N/N=C\C=C\c2ccccc2[N+](=O)[O-])cn1. The number of nitrogens with zero attached hydrogens (tertiary/aromatic N) is 3. The van der Waals surface area contributed by atoms with Gasteiger partial charge in [-0.05, 0) is 37.3 Å². The first kappa shape index (κ1) is 16.0. The van der Waals surface area contributed by atoms with E-state index in [0.29, 0.717) is 11.1 Å². The second-order valence-electron chi connectivity index (χ2n) is 4.58. The number of nitro groups is 1. The highest BCUT2D eigenvalue weighted by Crippen LogP contribution is 2.18. The molecule has 0 saturated heterocycles. The number of nitro benzene ring substituents is 1. The summed E-state index contributed by atoms with van der Waals surface area (Å²) in [7, 11) is 0. The summed E-state index contributed by atoms with van der Waals surface area (Å²) in [5.74, 6) is -0.382. The molecule has 0 aliphatic rings. The minimum atomic E-state index is -0.455. The fourth-order valence-electron chi connectivity index (χ4n) is 1.75. The van der Waals surface area contributed by atoms with Crippen LogP contribution >= 0.6 is 0 Å². The van der Waals surface area contributed by atoms with E-state index < -0.39 is 4.92 Å². The summed E-state index contributed by atoms with van der Waals surface area (Å²) in [6.07, 6.45) is 5.86. The average molecular weight is 310 g/mol. The van der Waals surface area contributed by atoms with Crippen LogP contribution in [0.4, 0.5) is 5.69 Å². The molecule has 2 rings (SSSR count). The Morgan fingerprint density at radius 1 is 1.30 bits per heavy atom. The first-order chi connectivity index (χ1) is 11.1. The molecule has 7 heteroatoms. The van der Waals surface area contributed by atoms with Gasteiger partial charge in [0, 0.05) is 24.2 Å². The number of benzene rings is 1. The third-order valence-corrected chi connectivity index (χ3v) is 2.91. The average Bonchev–Trinajstić information content (AvgIpc) is 2.55.